The van der Waals surface area contributed by atoms with Crippen LogP contribution < -0.4 is 0 Å². The van der Waals surface area contributed by atoms with Crippen LogP contribution in [0.1, 0.15) is 82.0 Å². The fraction of sp³-hybridized carbons (Fsp3) is 0.684. The van der Waals surface area contributed by atoms with Crippen molar-refractivity contribution in [2.45, 2.75) is 83.7 Å². The van der Waals surface area contributed by atoms with Crippen LogP contribution >= 0.6 is 0 Å². The lowest BCUT2D eigenvalue weighted by Crippen LogP contribution is -2.10. The lowest BCUT2D eigenvalue weighted by atomic mass is 9.83. The molecule has 2 aromatic heterocycles. The second-order valence-corrected chi connectivity index (χ2v) is 6.80. The molecule has 0 N–H and O–H groups in total. The number of nitrogens with zero attached hydrogens (tertiary/aromatic N) is 4. The minimum absolute atomic E-state index is 0.762. The summed E-state index contributed by atoms with van der Waals surface area (Å²) in [6, 6.07) is 4.34. The van der Waals surface area contributed by atoms with Crippen LogP contribution in [0.25, 0.3) is 0 Å². The van der Waals surface area contributed by atoms with Crippen LogP contribution in [0.15, 0.2) is 24.5 Å². The highest BCUT2D eigenvalue weighted by Crippen LogP contribution is 2.35. The first-order chi connectivity index (χ1) is 11.3. The molecule has 4 nitrogen and oxygen atoms in total. The van der Waals surface area contributed by atoms with Crippen LogP contribution in [-0.2, 0) is 13.1 Å². The predicted octanol–water partition coefficient (Wildman–Crippen LogP) is 4.73. The van der Waals surface area contributed by atoms with E-state index < -0.39 is 0 Å². The van der Waals surface area contributed by atoms with E-state index in [1.165, 1.54) is 56.3 Å². The van der Waals surface area contributed by atoms with Crippen LogP contribution in [0.4, 0.5) is 0 Å². The molecule has 23 heavy (non-hydrogen) atoms. The van der Waals surface area contributed by atoms with Gasteiger partial charge in [-0.15, -0.1) is 0 Å². The van der Waals surface area contributed by atoms with Gasteiger partial charge in [0.2, 0.25) is 0 Å². The third-order valence-electron chi connectivity index (χ3n) is 5.27. The summed E-state index contributed by atoms with van der Waals surface area (Å²) in [4.78, 5) is 0. The molecule has 0 aliphatic heterocycles. The quantitative estimate of drug-likeness (QED) is 0.817. The van der Waals surface area contributed by atoms with E-state index in [2.05, 4.69) is 48.6 Å². The summed E-state index contributed by atoms with van der Waals surface area (Å²) in [5.74, 6) is 1.54. The fourth-order valence-electron chi connectivity index (χ4n) is 3.47. The summed E-state index contributed by atoms with van der Waals surface area (Å²) >= 11 is 0. The maximum atomic E-state index is 4.53. The molecule has 2 heterocycles. The van der Waals surface area contributed by atoms with Crippen molar-refractivity contribution in [3.63, 3.8) is 0 Å². The zero-order valence-corrected chi connectivity index (χ0v) is 14.6. The topological polar surface area (TPSA) is 35.6 Å². The van der Waals surface area contributed by atoms with Gasteiger partial charge in [-0.1, -0.05) is 19.3 Å². The summed E-state index contributed by atoms with van der Waals surface area (Å²) in [5.41, 5.74) is 2.62. The van der Waals surface area contributed by atoms with Crippen molar-refractivity contribution in [2.75, 3.05) is 0 Å². The maximum absolute atomic E-state index is 4.53. The summed E-state index contributed by atoms with van der Waals surface area (Å²) in [6.07, 6.45) is 13.7. The molecule has 126 valence electrons. The second kappa shape index (κ2) is 7.80. The van der Waals surface area contributed by atoms with Gasteiger partial charge < -0.3 is 0 Å². The first-order valence-electron chi connectivity index (χ1n) is 9.36. The zero-order valence-electron chi connectivity index (χ0n) is 14.6. The van der Waals surface area contributed by atoms with Gasteiger partial charge in [-0.3, -0.25) is 9.36 Å². The molecule has 0 amide bonds. The number of aromatic nitrogens is 4. The van der Waals surface area contributed by atoms with Crippen molar-refractivity contribution < 1.29 is 0 Å². The lowest BCUT2D eigenvalue weighted by Gasteiger charge is -2.22. The van der Waals surface area contributed by atoms with Crippen molar-refractivity contribution in [3.8, 4) is 0 Å². The normalized spacial score (nSPS) is 18.5. The molecule has 0 aromatic carbocycles. The van der Waals surface area contributed by atoms with Gasteiger partial charge >= 0.3 is 0 Å². The molecule has 4 rings (SSSR count). The summed E-state index contributed by atoms with van der Waals surface area (Å²) in [6.45, 7) is 6.24. The maximum Gasteiger partial charge on any atom is 0.0655 e. The van der Waals surface area contributed by atoms with Crippen molar-refractivity contribution in [2.24, 2.45) is 0 Å². The van der Waals surface area contributed by atoms with Crippen LogP contribution in [0.2, 0.25) is 0 Å². The standard InChI is InChI=1S/C10H16N2.C9H14N2/c1-2-12-8-7-10(11-12)9-5-3-4-6-9;1-2-11-7-6-9(10-11)8-4-3-5-8/h7-9H,2-6H2,1H3;6-8H,2-5H2,1H3. The Morgan fingerprint density at radius 1 is 0.783 bits per heavy atom. The summed E-state index contributed by atoms with van der Waals surface area (Å²) in [5, 5.41) is 8.99. The van der Waals surface area contributed by atoms with Crippen molar-refractivity contribution in [1.82, 2.24) is 19.6 Å². The Morgan fingerprint density at radius 2 is 1.22 bits per heavy atom. The van der Waals surface area contributed by atoms with E-state index >= 15 is 0 Å². The van der Waals surface area contributed by atoms with Gasteiger partial charge in [0.25, 0.3) is 0 Å². The van der Waals surface area contributed by atoms with Crippen LogP contribution in [0.3, 0.4) is 0 Å². The van der Waals surface area contributed by atoms with E-state index in [1.54, 1.807) is 0 Å². The molecule has 2 aliphatic rings. The number of hydrogen-bond acceptors (Lipinski definition) is 2. The monoisotopic (exact) mass is 314 g/mol. The molecule has 0 unspecified atom stereocenters. The second-order valence-electron chi connectivity index (χ2n) is 6.80. The minimum Gasteiger partial charge on any atom is -0.273 e. The number of hydrogen-bond donors (Lipinski definition) is 0. The lowest BCUT2D eigenvalue weighted by molar-refractivity contribution is 0.406. The Bertz CT molecular complexity index is 588. The molecular weight excluding hydrogens is 284 g/mol. The molecule has 4 heteroatoms. The molecule has 0 radical (unpaired) electrons. The van der Waals surface area contributed by atoms with E-state index in [0.29, 0.717) is 0 Å². The highest BCUT2D eigenvalue weighted by molar-refractivity contribution is 5.09. The average molecular weight is 314 g/mol. The SMILES string of the molecule is CCn1ccc(C2CCC2)n1.CCn1ccc(C2CCCC2)n1. The van der Waals surface area contributed by atoms with Crippen molar-refractivity contribution >= 4 is 0 Å². The predicted molar refractivity (Wildman–Crippen MR) is 93.6 cm³/mol. The Balaban J connectivity index is 0.000000136. The van der Waals surface area contributed by atoms with Gasteiger partial charge in [0.15, 0.2) is 0 Å². The van der Waals surface area contributed by atoms with E-state index in [0.717, 1.165) is 24.9 Å². The van der Waals surface area contributed by atoms with Crippen LogP contribution in [0, 0.1) is 0 Å². The molecule has 0 atom stereocenters. The zero-order chi connectivity index (χ0) is 16.1. The Labute approximate surface area is 139 Å². The third kappa shape index (κ3) is 4.04. The molecule has 2 aliphatic carbocycles. The van der Waals surface area contributed by atoms with E-state index in [1.807, 2.05) is 9.36 Å². The molecule has 0 spiro atoms. The number of rotatable bonds is 4. The van der Waals surface area contributed by atoms with Crippen molar-refractivity contribution in [1.29, 1.82) is 0 Å². The summed E-state index contributed by atoms with van der Waals surface area (Å²) in [7, 11) is 0. The van der Waals surface area contributed by atoms with Gasteiger partial charge in [-0.25, -0.2) is 0 Å². The molecule has 2 aromatic rings. The Morgan fingerprint density at radius 3 is 1.52 bits per heavy atom. The molecule has 0 bridgehead atoms. The fourth-order valence-corrected chi connectivity index (χ4v) is 3.47. The molecule has 2 fully saturated rings. The smallest absolute Gasteiger partial charge is 0.0655 e. The van der Waals surface area contributed by atoms with E-state index in [9.17, 15) is 0 Å². The van der Waals surface area contributed by atoms with E-state index in [-0.39, 0.29) is 0 Å². The Hall–Kier alpha value is -1.58. The van der Waals surface area contributed by atoms with E-state index in [4.69, 9.17) is 0 Å². The van der Waals surface area contributed by atoms with Gasteiger partial charge in [0.1, 0.15) is 0 Å². The van der Waals surface area contributed by atoms with Gasteiger partial charge in [-0.05, 0) is 51.7 Å². The Kier molecular flexibility index (Phi) is 5.52. The van der Waals surface area contributed by atoms with Gasteiger partial charge in [0.05, 0.1) is 11.4 Å². The number of aryl methyl sites for hydroxylation is 2. The van der Waals surface area contributed by atoms with Crippen LogP contribution in [-0.4, -0.2) is 19.6 Å². The van der Waals surface area contributed by atoms with Gasteiger partial charge in [-0.2, -0.15) is 10.2 Å². The molecule has 0 saturated heterocycles. The average Bonchev–Trinajstić information content (AvgIpc) is 3.26. The third-order valence-corrected chi connectivity index (χ3v) is 5.27. The first kappa shape index (κ1) is 16.3. The molecule has 2 saturated carbocycles. The van der Waals surface area contributed by atoms with Crippen LogP contribution in [0.5, 0.6) is 0 Å². The largest absolute Gasteiger partial charge is 0.273 e. The van der Waals surface area contributed by atoms with Gasteiger partial charge in [0, 0.05) is 37.3 Å². The minimum atomic E-state index is 0.762. The highest BCUT2D eigenvalue weighted by Gasteiger charge is 2.21. The molecular formula is C19H30N4. The summed E-state index contributed by atoms with van der Waals surface area (Å²) < 4.78 is 4.03. The highest BCUT2D eigenvalue weighted by atomic mass is 15.3. The van der Waals surface area contributed by atoms with Crippen molar-refractivity contribution in [3.05, 3.63) is 35.9 Å². The first-order valence-corrected chi connectivity index (χ1v) is 9.36.